The molecular weight excluding hydrogens is 136 g/mol. The second kappa shape index (κ2) is 4.48. The van der Waals surface area contributed by atoms with Gasteiger partial charge in [0.15, 0.2) is 0 Å². The van der Waals surface area contributed by atoms with E-state index in [0.29, 0.717) is 6.54 Å². The van der Waals surface area contributed by atoms with Crippen molar-refractivity contribution in [3.05, 3.63) is 30.1 Å². The number of rotatable bonds is 1. The van der Waals surface area contributed by atoms with E-state index >= 15 is 0 Å². The summed E-state index contributed by atoms with van der Waals surface area (Å²) >= 11 is 0. The summed E-state index contributed by atoms with van der Waals surface area (Å²) in [5.74, 6) is 5.73. The number of hydrogen-bond acceptors (Lipinski definition) is 2. The second-order valence-corrected chi connectivity index (χ2v) is 2.10. The number of nitrogens with zero attached hydrogens (tertiary/aromatic N) is 1. The molecule has 0 unspecified atom stereocenters. The molecule has 1 aromatic heterocycles. The molecule has 0 spiro atoms. The third-order valence-electron chi connectivity index (χ3n) is 1.24. The highest BCUT2D eigenvalue weighted by atomic mass is 14.6. The lowest BCUT2D eigenvalue weighted by Gasteiger charge is -1.89. The molecule has 0 aliphatic heterocycles. The van der Waals surface area contributed by atoms with Gasteiger partial charge in [-0.2, -0.15) is 0 Å². The van der Waals surface area contributed by atoms with Crippen molar-refractivity contribution >= 4 is 0 Å². The lowest BCUT2D eigenvalue weighted by Crippen LogP contribution is -1.93. The molecule has 2 nitrogen and oxygen atoms in total. The van der Waals surface area contributed by atoms with Gasteiger partial charge in [0.2, 0.25) is 0 Å². The molecule has 0 amide bonds. The predicted octanol–water partition coefficient (Wildman–Crippen LogP) is 0.586. The molecule has 0 aliphatic carbocycles. The van der Waals surface area contributed by atoms with Gasteiger partial charge in [-0.3, -0.25) is 4.98 Å². The van der Waals surface area contributed by atoms with Crippen LogP contribution in [0.1, 0.15) is 5.56 Å². The van der Waals surface area contributed by atoms with E-state index in [-0.39, 0.29) is 0 Å². The van der Waals surface area contributed by atoms with Crippen molar-refractivity contribution in [2.45, 2.75) is 6.42 Å². The maximum absolute atomic E-state index is 5.20. The Hall–Kier alpha value is -1.33. The van der Waals surface area contributed by atoms with Crippen LogP contribution in [0.3, 0.4) is 0 Å². The van der Waals surface area contributed by atoms with E-state index in [0.717, 1.165) is 12.0 Å². The minimum atomic E-state index is 0.431. The fourth-order valence-corrected chi connectivity index (χ4v) is 0.739. The van der Waals surface area contributed by atoms with E-state index in [2.05, 4.69) is 16.8 Å². The fraction of sp³-hybridized carbons (Fsp3) is 0.222. The van der Waals surface area contributed by atoms with E-state index in [1.807, 2.05) is 18.3 Å². The molecule has 1 heterocycles. The van der Waals surface area contributed by atoms with Gasteiger partial charge in [-0.25, -0.2) is 0 Å². The molecule has 0 aromatic carbocycles. The molecule has 0 bridgehead atoms. The average molecular weight is 146 g/mol. The van der Waals surface area contributed by atoms with E-state index in [1.165, 1.54) is 0 Å². The van der Waals surface area contributed by atoms with Crippen molar-refractivity contribution in [3.8, 4) is 11.8 Å². The standard InChI is InChI=1S/C9H10N2/c10-6-2-1-4-9-5-3-7-11-8-9/h3,5,7-8H,4,6,10H2. The molecule has 0 aliphatic rings. The predicted molar refractivity (Wildman–Crippen MR) is 44.8 cm³/mol. The number of aromatic nitrogens is 1. The Labute approximate surface area is 66.4 Å². The molecule has 0 saturated heterocycles. The first-order valence-corrected chi connectivity index (χ1v) is 3.48. The lowest BCUT2D eigenvalue weighted by molar-refractivity contribution is 1.21. The zero-order valence-corrected chi connectivity index (χ0v) is 6.25. The summed E-state index contributed by atoms with van der Waals surface area (Å²) in [6, 6.07) is 3.90. The zero-order valence-electron chi connectivity index (χ0n) is 6.25. The molecule has 11 heavy (non-hydrogen) atoms. The van der Waals surface area contributed by atoms with Crippen LogP contribution in [0.15, 0.2) is 24.5 Å². The Balaban J connectivity index is 2.52. The molecule has 2 N–H and O–H groups in total. The third-order valence-corrected chi connectivity index (χ3v) is 1.24. The van der Waals surface area contributed by atoms with Crippen LogP contribution in [0.5, 0.6) is 0 Å². The fourth-order valence-electron chi connectivity index (χ4n) is 0.739. The molecule has 0 fully saturated rings. The molecule has 1 aromatic rings. The molecule has 0 saturated carbocycles. The molecule has 0 radical (unpaired) electrons. The van der Waals surface area contributed by atoms with Crippen LogP contribution in [-0.2, 0) is 6.42 Å². The minimum Gasteiger partial charge on any atom is -0.320 e. The van der Waals surface area contributed by atoms with Crippen LogP contribution >= 0.6 is 0 Å². The highest BCUT2D eigenvalue weighted by Gasteiger charge is 1.84. The van der Waals surface area contributed by atoms with Gasteiger partial charge in [0.25, 0.3) is 0 Å². The summed E-state index contributed by atoms with van der Waals surface area (Å²) in [5.41, 5.74) is 6.34. The largest absolute Gasteiger partial charge is 0.320 e. The minimum absolute atomic E-state index is 0.431. The zero-order chi connectivity index (χ0) is 7.94. The molecule has 0 atom stereocenters. The van der Waals surface area contributed by atoms with Crippen LogP contribution in [0.4, 0.5) is 0 Å². The summed E-state index contributed by atoms with van der Waals surface area (Å²) in [6.45, 7) is 0.431. The van der Waals surface area contributed by atoms with Gasteiger partial charge < -0.3 is 5.73 Å². The normalized spacial score (nSPS) is 8.45. The van der Waals surface area contributed by atoms with E-state index < -0.39 is 0 Å². The lowest BCUT2D eigenvalue weighted by atomic mass is 10.2. The van der Waals surface area contributed by atoms with Crippen molar-refractivity contribution in [3.63, 3.8) is 0 Å². The number of hydrogen-bond donors (Lipinski definition) is 1. The van der Waals surface area contributed by atoms with Crippen LogP contribution < -0.4 is 5.73 Å². The molecular formula is C9H10N2. The van der Waals surface area contributed by atoms with Crippen LogP contribution in [0.25, 0.3) is 0 Å². The van der Waals surface area contributed by atoms with Crippen LogP contribution in [0.2, 0.25) is 0 Å². The van der Waals surface area contributed by atoms with Gasteiger partial charge in [-0.15, -0.1) is 0 Å². The first-order valence-electron chi connectivity index (χ1n) is 3.48. The summed E-state index contributed by atoms with van der Waals surface area (Å²) in [4.78, 5) is 3.96. The molecule has 56 valence electrons. The topological polar surface area (TPSA) is 38.9 Å². The van der Waals surface area contributed by atoms with Gasteiger partial charge in [-0.05, 0) is 11.6 Å². The smallest absolute Gasteiger partial charge is 0.0551 e. The van der Waals surface area contributed by atoms with Crippen molar-refractivity contribution in [1.82, 2.24) is 4.98 Å². The van der Waals surface area contributed by atoms with Crippen LogP contribution in [0, 0.1) is 11.8 Å². The third kappa shape index (κ3) is 2.83. The first kappa shape index (κ1) is 7.77. The Kier molecular flexibility index (Phi) is 3.17. The SMILES string of the molecule is NCC#CCc1cccnc1. The van der Waals surface area contributed by atoms with Gasteiger partial charge in [0.05, 0.1) is 6.54 Å². The van der Waals surface area contributed by atoms with Crippen molar-refractivity contribution in [1.29, 1.82) is 0 Å². The maximum atomic E-state index is 5.20. The van der Waals surface area contributed by atoms with Crippen molar-refractivity contribution in [2.75, 3.05) is 6.54 Å². The van der Waals surface area contributed by atoms with E-state index in [1.54, 1.807) is 6.20 Å². The van der Waals surface area contributed by atoms with Gasteiger partial charge >= 0.3 is 0 Å². The van der Waals surface area contributed by atoms with Gasteiger partial charge in [0, 0.05) is 18.8 Å². The van der Waals surface area contributed by atoms with Gasteiger partial charge in [-0.1, -0.05) is 17.9 Å². The molecule has 1 rings (SSSR count). The van der Waals surface area contributed by atoms with Gasteiger partial charge in [0.1, 0.15) is 0 Å². The quantitative estimate of drug-likeness (QED) is 0.589. The summed E-state index contributed by atoms with van der Waals surface area (Å²) < 4.78 is 0. The highest BCUT2D eigenvalue weighted by Crippen LogP contribution is 1.94. The monoisotopic (exact) mass is 146 g/mol. The molecule has 2 heteroatoms. The van der Waals surface area contributed by atoms with Crippen molar-refractivity contribution < 1.29 is 0 Å². The Morgan fingerprint density at radius 1 is 1.45 bits per heavy atom. The summed E-state index contributed by atoms with van der Waals surface area (Å²) in [5, 5.41) is 0. The number of nitrogens with two attached hydrogens (primary N) is 1. The van der Waals surface area contributed by atoms with Crippen molar-refractivity contribution in [2.24, 2.45) is 5.73 Å². The Morgan fingerprint density at radius 2 is 2.36 bits per heavy atom. The van der Waals surface area contributed by atoms with E-state index in [4.69, 9.17) is 5.73 Å². The Morgan fingerprint density at radius 3 is 3.00 bits per heavy atom. The average Bonchev–Trinajstić information content (AvgIpc) is 2.07. The van der Waals surface area contributed by atoms with E-state index in [9.17, 15) is 0 Å². The highest BCUT2D eigenvalue weighted by molar-refractivity contribution is 5.17. The summed E-state index contributed by atoms with van der Waals surface area (Å²) in [7, 11) is 0. The van der Waals surface area contributed by atoms with Crippen LogP contribution in [-0.4, -0.2) is 11.5 Å². The number of pyridine rings is 1. The Bertz CT molecular complexity index is 256. The first-order chi connectivity index (χ1) is 5.43. The maximum Gasteiger partial charge on any atom is 0.0551 e. The second-order valence-electron chi connectivity index (χ2n) is 2.10. The summed E-state index contributed by atoms with van der Waals surface area (Å²) in [6.07, 6.45) is 4.30.